The molecule has 22 heavy (non-hydrogen) atoms. The smallest absolute Gasteiger partial charge is 0.339 e. The first-order chi connectivity index (χ1) is 10.4. The van der Waals surface area contributed by atoms with Crippen molar-refractivity contribution in [1.82, 2.24) is 5.32 Å². The number of carbonyl (C=O) groups is 3. The van der Waals surface area contributed by atoms with E-state index in [1.807, 2.05) is 13.8 Å². The predicted molar refractivity (Wildman–Crippen MR) is 86.0 cm³/mol. The summed E-state index contributed by atoms with van der Waals surface area (Å²) in [7, 11) is 0. The van der Waals surface area contributed by atoms with Crippen molar-refractivity contribution in [3.63, 3.8) is 0 Å². The predicted octanol–water partition coefficient (Wildman–Crippen LogP) is 2.44. The first kappa shape index (κ1) is 18.2. The minimum atomic E-state index is -0.564. The van der Waals surface area contributed by atoms with Crippen LogP contribution >= 0.6 is 11.8 Å². The van der Waals surface area contributed by atoms with E-state index in [2.05, 4.69) is 5.32 Å². The van der Waals surface area contributed by atoms with Crippen LogP contribution in [0.25, 0.3) is 0 Å². The molecule has 0 spiro atoms. The van der Waals surface area contributed by atoms with E-state index in [0.29, 0.717) is 16.2 Å². The molecule has 1 atom stereocenters. The Kier molecular flexibility index (Phi) is 7.66. The van der Waals surface area contributed by atoms with E-state index in [1.54, 1.807) is 24.3 Å². The first-order valence-corrected chi connectivity index (χ1v) is 8.10. The van der Waals surface area contributed by atoms with Crippen molar-refractivity contribution in [3.8, 4) is 0 Å². The third-order valence-corrected chi connectivity index (χ3v) is 4.11. The number of amides is 1. The molecular weight excluding hydrogens is 302 g/mol. The molecule has 1 aromatic carbocycles. The van der Waals surface area contributed by atoms with Gasteiger partial charge in [-0.2, -0.15) is 0 Å². The average Bonchev–Trinajstić information content (AvgIpc) is 2.50. The lowest BCUT2D eigenvalue weighted by Crippen LogP contribution is -2.35. The van der Waals surface area contributed by atoms with Gasteiger partial charge in [0.05, 0.1) is 11.3 Å². The molecule has 0 radical (unpaired) electrons. The Hall–Kier alpha value is -1.82. The third kappa shape index (κ3) is 6.30. The number of nitrogens with one attached hydrogen (secondary N) is 1. The largest absolute Gasteiger partial charge is 0.452 e. The molecule has 0 aliphatic carbocycles. The molecule has 0 saturated carbocycles. The fourth-order valence-corrected chi connectivity index (χ4v) is 2.41. The second-order valence-electron chi connectivity index (χ2n) is 4.94. The van der Waals surface area contributed by atoms with Gasteiger partial charge in [-0.25, -0.2) is 4.79 Å². The van der Waals surface area contributed by atoms with Gasteiger partial charge < -0.3 is 10.1 Å². The molecule has 1 amide bonds. The second kappa shape index (κ2) is 9.25. The minimum Gasteiger partial charge on any atom is -0.452 e. The van der Waals surface area contributed by atoms with Gasteiger partial charge in [-0.05, 0) is 32.4 Å². The van der Waals surface area contributed by atoms with Gasteiger partial charge in [-0.1, -0.05) is 19.1 Å². The third-order valence-electron chi connectivity index (χ3n) is 2.89. The average molecular weight is 323 g/mol. The molecule has 120 valence electrons. The molecule has 0 aliphatic heterocycles. The summed E-state index contributed by atoms with van der Waals surface area (Å²) in [5.74, 6) is -0.567. The zero-order chi connectivity index (χ0) is 16.5. The quantitative estimate of drug-likeness (QED) is 0.587. The van der Waals surface area contributed by atoms with Gasteiger partial charge >= 0.3 is 5.97 Å². The lowest BCUT2D eigenvalue weighted by Gasteiger charge is -2.12. The lowest BCUT2D eigenvalue weighted by molar-refractivity contribution is -0.124. The van der Waals surface area contributed by atoms with Crippen LogP contribution in [0.5, 0.6) is 0 Å². The molecule has 0 heterocycles. The molecular formula is C16H21NO4S. The zero-order valence-electron chi connectivity index (χ0n) is 13.0. The Bertz CT molecular complexity index is 545. The van der Waals surface area contributed by atoms with Crippen LogP contribution in [0.15, 0.2) is 29.2 Å². The molecule has 1 rings (SSSR count). The summed E-state index contributed by atoms with van der Waals surface area (Å²) < 4.78 is 5.03. The summed E-state index contributed by atoms with van der Waals surface area (Å²) in [5.41, 5.74) is 0.366. The van der Waals surface area contributed by atoms with Crippen LogP contribution < -0.4 is 5.32 Å². The van der Waals surface area contributed by atoms with Gasteiger partial charge in [0.15, 0.2) is 6.61 Å². The van der Waals surface area contributed by atoms with E-state index in [0.717, 1.165) is 6.42 Å². The highest BCUT2D eigenvalue weighted by Crippen LogP contribution is 2.23. The van der Waals surface area contributed by atoms with Crippen LogP contribution in [-0.2, 0) is 14.3 Å². The topological polar surface area (TPSA) is 72.5 Å². The van der Waals surface area contributed by atoms with Crippen molar-refractivity contribution in [2.45, 2.75) is 38.1 Å². The van der Waals surface area contributed by atoms with Crippen LogP contribution in [0, 0.1) is 0 Å². The van der Waals surface area contributed by atoms with E-state index in [-0.39, 0.29) is 24.3 Å². The van der Waals surface area contributed by atoms with Crippen molar-refractivity contribution in [2.24, 2.45) is 0 Å². The Morgan fingerprint density at radius 3 is 2.59 bits per heavy atom. The van der Waals surface area contributed by atoms with Crippen molar-refractivity contribution in [3.05, 3.63) is 29.8 Å². The van der Waals surface area contributed by atoms with Crippen LogP contribution in [-0.4, -0.2) is 36.1 Å². The van der Waals surface area contributed by atoms with E-state index < -0.39 is 5.97 Å². The van der Waals surface area contributed by atoms with E-state index in [1.165, 1.54) is 18.7 Å². The van der Waals surface area contributed by atoms with E-state index >= 15 is 0 Å². The number of thioether (sulfide) groups is 1. The second-order valence-corrected chi connectivity index (χ2v) is 5.96. The van der Waals surface area contributed by atoms with Gasteiger partial charge in [-0.15, -0.1) is 11.8 Å². The number of Topliss-reactive ketones (excluding diaryl/α,β-unsaturated/α-hetero) is 1. The fraction of sp³-hybridized carbons (Fsp3) is 0.438. The maximum absolute atomic E-state index is 12.1. The van der Waals surface area contributed by atoms with Gasteiger partial charge in [0.2, 0.25) is 0 Å². The van der Waals surface area contributed by atoms with Crippen LogP contribution in [0.1, 0.15) is 37.6 Å². The number of hydrogen-bond acceptors (Lipinski definition) is 5. The maximum Gasteiger partial charge on any atom is 0.339 e. The number of benzene rings is 1. The Morgan fingerprint density at radius 1 is 1.27 bits per heavy atom. The Morgan fingerprint density at radius 2 is 1.95 bits per heavy atom. The molecule has 0 saturated heterocycles. The van der Waals surface area contributed by atoms with E-state index in [9.17, 15) is 14.4 Å². The number of ketones is 1. The molecule has 5 nitrogen and oxygen atoms in total. The molecule has 0 aromatic heterocycles. The molecule has 6 heteroatoms. The lowest BCUT2D eigenvalue weighted by atomic mass is 10.2. The Balaban J connectivity index is 2.61. The number of esters is 1. The molecule has 1 aromatic rings. The monoisotopic (exact) mass is 323 g/mol. The highest BCUT2D eigenvalue weighted by molar-refractivity contribution is 8.00. The molecule has 0 unspecified atom stereocenters. The molecule has 1 N–H and O–H groups in total. The normalized spacial score (nSPS) is 11.6. The van der Waals surface area contributed by atoms with Crippen LogP contribution in [0.3, 0.4) is 0 Å². The van der Waals surface area contributed by atoms with Gasteiger partial charge in [0.1, 0.15) is 5.78 Å². The number of ether oxygens (including phenoxy) is 1. The van der Waals surface area contributed by atoms with Crippen molar-refractivity contribution < 1.29 is 19.1 Å². The summed E-state index contributed by atoms with van der Waals surface area (Å²) in [5, 5.41) is 2.73. The maximum atomic E-state index is 12.1. The number of carbonyl (C=O) groups excluding carboxylic acids is 3. The van der Waals surface area contributed by atoms with Gasteiger partial charge in [-0.3, -0.25) is 9.59 Å². The fourth-order valence-electron chi connectivity index (χ4n) is 1.57. The minimum absolute atomic E-state index is 0.0288. The highest BCUT2D eigenvalue weighted by Gasteiger charge is 2.15. The number of hydrogen-bond donors (Lipinski definition) is 1. The molecule has 0 bridgehead atoms. The van der Waals surface area contributed by atoms with Crippen LogP contribution in [0.2, 0.25) is 0 Å². The Labute approximate surface area is 134 Å². The standard InChI is InChI=1S/C16H21NO4S/c1-4-11(2)17-15(19)9-21-16(20)13-7-5-6-8-14(13)22-10-12(3)18/h5-8,11H,4,9-10H2,1-3H3,(H,17,19)/t11-/m0/s1. The first-order valence-electron chi connectivity index (χ1n) is 7.11. The van der Waals surface area contributed by atoms with Crippen LogP contribution in [0.4, 0.5) is 0 Å². The summed E-state index contributed by atoms with van der Waals surface area (Å²) in [4.78, 5) is 35.4. The van der Waals surface area contributed by atoms with E-state index in [4.69, 9.17) is 4.74 Å². The van der Waals surface area contributed by atoms with Crippen molar-refractivity contribution in [1.29, 1.82) is 0 Å². The molecule has 0 aliphatic rings. The summed E-state index contributed by atoms with van der Waals surface area (Å²) in [6, 6.07) is 6.92. The van der Waals surface area contributed by atoms with Crippen molar-refractivity contribution in [2.75, 3.05) is 12.4 Å². The zero-order valence-corrected chi connectivity index (χ0v) is 13.9. The van der Waals surface area contributed by atoms with Gasteiger partial charge in [0.25, 0.3) is 5.91 Å². The summed E-state index contributed by atoms with van der Waals surface area (Å²) in [6.45, 7) is 5.02. The highest BCUT2D eigenvalue weighted by atomic mass is 32.2. The van der Waals surface area contributed by atoms with Gasteiger partial charge in [0, 0.05) is 10.9 Å². The summed E-state index contributed by atoms with van der Waals surface area (Å²) in [6.07, 6.45) is 0.810. The number of rotatable bonds is 8. The SMILES string of the molecule is CC[C@H](C)NC(=O)COC(=O)c1ccccc1SCC(C)=O. The van der Waals surface area contributed by atoms with Crippen molar-refractivity contribution >= 4 is 29.4 Å². The summed E-state index contributed by atoms with van der Waals surface area (Å²) >= 11 is 1.28. The molecule has 0 fully saturated rings.